The summed E-state index contributed by atoms with van der Waals surface area (Å²) in [5.41, 5.74) is 1.99. The van der Waals surface area contributed by atoms with Gasteiger partial charge < -0.3 is 20.7 Å². The van der Waals surface area contributed by atoms with Gasteiger partial charge in [0.2, 0.25) is 0 Å². The molecule has 5 heteroatoms. The smallest absolute Gasteiger partial charge is 0.319 e. The van der Waals surface area contributed by atoms with Crippen LogP contribution in [0.15, 0.2) is 24.3 Å². The first-order chi connectivity index (χ1) is 9.69. The summed E-state index contributed by atoms with van der Waals surface area (Å²) in [7, 11) is 1.93. The summed E-state index contributed by atoms with van der Waals surface area (Å²) in [6.45, 7) is 3.47. The van der Waals surface area contributed by atoms with Crippen molar-refractivity contribution in [3.05, 3.63) is 29.8 Å². The Balaban J connectivity index is 1.78. The normalized spacial score (nSPS) is 19.6. The lowest BCUT2D eigenvalue weighted by Crippen LogP contribution is -2.35. The lowest BCUT2D eigenvalue weighted by molar-refractivity contribution is 0.112. The number of urea groups is 1. The minimum absolute atomic E-state index is 0.166. The maximum Gasteiger partial charge on any atom is 0.319 e. The third-order valence-electron chi connectivity index (χ3n) is 3.62. The Kier molecular flexibility index (Phi) is 5.38. The summed E-state index contributed by atoms with van der Waals surface area (Å²) in [5, 5.41) is 8.84. The minimum atomic E-state index is -0.185. The van der Waals surface area contributed by atoms with Crippen LogP contribution in [0.3, 0.4) is 0 Å². The molecule has 5 nitrogen and oxygen atoms in total. The molecule has 1 aliphatic heterocycles. The molecule has 0 aromatic heterocycles. The molecule has 3 N–H and O–H groups in total. The van der Waals surface area contributed by atoms with E-state index in [0.717, 1.165) is 25.1 Å². The topological polar surface area (TPSA) is 62.4 Å². The molecule has 2 unspecified atom stereocenters. The van der Waals surface area contributed by atoms with Gasteiger partial charge in [0.15, 0.2) is 0 Å². The highest BCUT2D eigenvalue weighted by Gasteiger charge is 2.16. The maximum absolute atomic E-state index is 11.8. The number of carbonyl (C=O) groups is 1. The zero-order valence-electron chi connectivity index (χ0n) is 12.1. The second-order valence-electron chi connectivity index (χ2n) is 5.10. The van der Waals surface area contributed by atoms with Crippen molar-refractivity contribution in [2.75, 3.05) is 25.5 Å². The van der Waals surface area contributed by atoms with E-state index < -0.39 is 0 Å². The van der Waals surface area contributed by atoms with E-state index in [1.54, 1.807) is 0 Å². The predicted octanol–water partition coefficient (Wildman–Crippen LogP) is 2.27. The lowest BCUT2D eigenvalue weighted by atomic mass is 10.1. The molecule has 1 heterocycles. The number of hydrogen-bond acceptors (Lipinski definition) is 3. The van der Waals surface area contributed by atoms with Crippen LogP contribution in [0, 0.1) is 0 Å². The van der Waals surface area contributed by atoms with E-state index in [1.165, 1.54) is 5.56 Å². The first kappa shape index (κ1) is 14.8. The van der Waals surface area contributed by atoms with E-state index in [-0.39, 0.29) is 12.1 Å². The third-order valence-corrected chi connectivity index (χ3v) is 3.62. The zero-order chi connectivity index (χ0) is 14.4. The first-order valence-corrected chi connectivity index (χ1v) is 7.12. The van der Waals surface area contributed by atoms with Crippen LogP contribution in [0.1, 0.15) is 31.4 Å². The van der Waals surface area contributed by atoms with E-state index in [4.69, 9.17) is 4.74 Å². The summed E-state index contributed by atoms with van der Waals surface area (Å²) in [6, 6.07) is 7.96. The molecule has 2 amide bonds. The summed E-state index contributed by atoms with van der Waals surface area (Å²) < 4.78 is 5.46. The molecule has 1 aliphatic rings. The second kappa shape index (κ2) is 7.26. The maximum atomic E-state index is 11.8. The molecular formula is C15H23N3O2. The van der Waals surface area contributed by atoms with Gasteiger partial charge in [-0.15, -0.1) is 0 Å². The minimum Gasteiger partial charge on any atom is -0.376 e. The van der Waals surface area contributed by atoms with Crippen molar-refractivity contribution in [2.24, 2.45) is 0 Å². The van der Waals surface area contributed by atoms with Crippen LogP contribution in [0.4, 0.5) is 10.5 Å². The van der Waals surface area contributed by atoms with Crippen molar-refractivity contribution in [3.63, 3.8) is 0 Å². The van der Waals surface area contributed by atoms with Gasteiger partial charge in [0.25, 0.3) is 0 Å². The zero-order valence-corrected chi connectivity index (χ0v) is 12.1. The highest BCUT2D eigenvalue weighted by Crippen LogP contribution is 2.15. The Morgan fingerprint density at radius 3 is 2.75 bits per heavy atom. The average molecular weight is 277 g/mol. The molecular weight excluding hydrogens is 254 g/mol. The van der Waals surface area contributed by atoms with Gasteiger partial charge in [-0.1, -0.05) is 12.1 Å². The SMILES string of the molecule is CNC(C)c1ccc(NC(=O)NCC2CCCO2)cc1. The van der Waals surface area contributed by atoms with Crippen molar-refractivity contribution in [3.8, 4) is 0 Å². The monoisotopic (exact) mass is 277 g/mol. The van der Waals surface area contributed by atoms with Gasteiger partial charge in [0, 0.05) is 24.9 Å². The van der Waals surface area contributed by atoms with Gasteiger partial charge in [-0.2, -0.15) is 0 Å². The van der Waals surface area contributed by atoms with Crippen molar-refractivity contribution >= 4 is 11.7 Å². The second-order valence-corrected chi connectivity index (χ2v) is 5.10. The summed E-state index contributed by atoms with van der Waals surface area (Å²) >= 11 is 0. The van der Waals surface area contributed by atoms with Gasteiger partial charge in [-0.25, -0.2) is 4.79 Å². The third kappa shape index (κ3) is 4.21. The molecule has 1 aromatic carbocycles. The van der Waals surface area contributed by atoms with Crippen LogP contribution in [0.5, 0.6) is 0 Å². The molecule has 0 saturated carbocycles. The van der Waals surface area contributed by atoms with Crippen molar-refractivity contribution in [2.45, 2.75) is 31.9 Å². The Labute approximate surface area is 120 Å². The number of benzene rings is 1. The van der Waals surface area contributed by atoms with Gasteiger partial charge in [0.1, 0.15) is 0 Å². The van der Waals surface area contributed by atoms with Gasteiger partial charge in [-0.05, 0) is 44.5 Å². The van der Waals surface area contributed by atoms with Gasteiger partial charge in [-0.3, -0.25) is 0 Å². The molecule has 0 aliphatic carbocycles. The predicted molar refractivity (Wildman–Crippen MR) is 79.9 cm³/mol. The number of carbonyl (C=O) groups excluding carboxylic acids is 1. The average Bonchev–Trinajstić information content (AvgIpc) is 2.98. The van der Waals surface area contributed by atoms with E-state index in [2.05, 4.69) is 22.9 Å². The van der Waals surface area contributed by atoms with E-state index in [9.17, 15) is 4.79 Å². The summed E-state index contributed by atoms with van der Waals surface area (Å²) in [6.07, 6.45) is 2.27. The summed E-state index contributed by atoms with van der Waals surface area (Å²) in [4.78, 5) is 11.8. The van der Waals surface area contributed by atoms with E-state index in [1.807, 2.05) is 31.3 Å². The van der Waals surface area contributed by atoms with Crippen molar-refractivity contribution in [1.82, 2.24) is 10.6 Å². The first-order valence-electron chi connectivity index (χ1n) is 7.12. The van der Waals surface area contributed by atoms with Crippen LogP contribution in [0.25, 0.3) is 0 Å². The number of nitrogens with one attached hydrogen (secondary N) is 3. The molecule has 2 rings (SSSR count). The Morgan fingerprint density at radius 1 is 1.40 bits per heavy atom. The molecule has 1 saturated heterocycles. The fraction of sp³-hybridized carbons (Fsp3) is 0.533. The lowest BCUT2D eigenvalue weighted by Gasteiger charge is -2.13. The van der Waals surface area contributed by atoms with Crippen molar-refractivity contribution in [1.29, 1.82) is 0 Å². The highest BCUT2D eigenvalue weighted by molar-refractivity contribution is 5.89. The van der Waals surface area contributed by atoms with Crippen LogP contribution in [0.2, 0.25) is 0 Å². The van der Waals surface area contributed by atoms with Crippen LogP contribution in [-0.4, -0.2) is 32.3 Å². The molecule has 1 fully saturated rings. The molecule has 20 heavy (non-hydrogen) atoms. The number of ether oxygens (including phenoxy) is 1. The molecule has 0 bridgehead atoms. The number of anilines is 1. The number of amides is 2. The number of rotatable bonds is 5. The fourth-order valence-corrected chi connectivity index (χ4v) is 2.21. The quantitative estimate of drug-likeness (QED) is 0.773. The van der Waals surface area contributed by atoms with E-state index >= 15 is 0 Å². The van der Waals surface area contributed by atoms with Gasteiger partial charge in [0.05, 0.1) is 6.10 Å². The Morgan fingerprint density at radius 2 is 2.15 bits per heavy atom. The van der Waals surface area contributed by atoms with Crippen molar-refractivity contribution < 1.29 is 9.53 Å². The Hall–Kier alpha value is -1.59. The van der Waals surface area contributed by atoms with E-state index in [0.29, 0.717) is 12.6 Å². The molecule has 1 aromatic rings. The Bertz CT molecular complexity index is 427. The van der Waals surface area contributed by atoms with Gasteiger partial charge >= 0.3 is 6.03 Å². The highest BCUT2D eigenvalue weighted by atomic mass is 16.5. The number of hydrogen-bond donors (Lipinski definition) is 3. The standard InChI is InChI=1S/C15H23N3O2/c1-11(16-2)12-5-7-13(8-6-12)18-15(19)17-10-14-4-3-9-20-14/h5-8,11,14,16H,3-4,9-10H2,1-2H3,(H2,17,18,19). The molecule has 0 spiro atoms. The van der Waals surface area contributed by atoms with Crippen LogP contribution >= 0.6 is 0 Å². The largest absolute Gasteiger partial charge is 0.376 e. The van der Waals surface area contributed by atoms with Crippen LogP contribution in [-0.2, 0) is 4.74 Å². The molecule has 0 radical (unpaired) electrons. The molecule has 110 valence electrons. The summed E-state index contributed by atoms with van der Waals surface area (Å²) in [5.74, 6) is 0. The van der Waals surface area contributed by atoms with Crippen LogP contribution < -0.4 is 16.0 Å². The fourth-order valence-electron chi connectivity index (χ4n) is 2.21. The molecule has 2 atom stereocenters.